The zero-order valence-electron chi connectivity index (χ0n) is 15.5. The summed E-state index contributed by atoms with van der Waals surface area (Å²) in [4.78, 5) is 16.5. The minimum Gasteiger partial charge on any atom is -0.338 e. The number of benzene rings is 1. The van der Waals surface area contributed by atoms with Crippen LogP contribution in [0.2, 0.25) is 0 Å². The molecule has 0 saturated heterocycles. The average molecular weight is 457 g/mol. The number of nitrogens with one attached hydrogen (secondary N) is 2. The van der Waals surface area contributed by atoms with Crippen LogP contribution in [-0.4, -0.2) is 42.8 Å². The third kappa shape index (κ3) is 5.19. The van der Waals surface area contributed by atoms with Crippen molar-refractivity contribution in [1.29, 1.82) is 0 Å². The lowest BCUT2D eigenvalue weighted by Crippen LogP contribution is -2.54. The molecule has 0 spiro atoms. The summed E-state index contributed by atoms with van der Waals surface area (Å²) in [5.74, 6) is 0.599. The standard InChI is InChI=1S/C19H18F3N3O3S2/c1-2-18(8-9-18)25-16(26)14(12-30(27,28)17-23-10-11-29-17)24-15(19(20,21)22)13-6-4-3-5-7-13/h1,3-7,10-11,14-15,24H,8-9,12H2,(H,25,26)/t14-,15-/m0/s1. The average Bonchev–Trinajstić information content (AvgIpc) is 3.22. The Hall–Kier alpha value is -2.42. The Morgan fingerprint density at radius 3 is 2.47 bits per heavy atom. The first-order valence-corrected chi connectivity index (χ1v) is 11.4. The highest BCUT2D eigenvalue weighted by molar-refractivity contribution is 7.93. The molecule has 0 bridgehead atoms. The predicted molar refractivity (Wildman–Crippen MR) is 105 cm³/mol. The van der Waals surface area contributed by atoms with Gasteiger partial charge in [0.05, 0.1) is 5.75 Å². The van der Waals surface area contributed by atoms with Gasteiger partial charge in [-0.25, -0.2) is 13.4 Å². The molecule has 6 nitrogen and oxygen atoms in total. The van der Waals surface area contributed by atoms with Crippen molar-refractivity contribution in [2.24, 2.45) is 0 Å². The molecule has 0 unspecified atom stereocenters. The van der Waals surface area contributed by atoms with Gasteiger partial charge in [-0.15, -0.1) is 17.8 Å². The lowest BCUT2D eigenvalue weighted by molar-refractivity contribution is -0.160. The van der Waals surface area contributed by atoms with E-state index in [0.717, 1.165) is 11.3 Å². The molecule has 3 rings (SSSR count). The van der Waals surface area contributed by atoms with Crippen LogP contribution in [-0.2, 0) is 14.6 Å². The van der Waals surface area contributed by atoms with Crippen molar-refractivity contribution in [2.45, 2.75) is 41.0 Å². The van der Waals surface area contributed by atoms with E-state index in [0.29, 0.717) is 12.8 Å². The summed E-state index contributed by atoms with van der Waals surface area (Å²) in [6.07, 6.45) is 2.84. The molecule has 1 saturated carbocycles. The highest BCUT2D eigenvalue weighted by atomic mass is 32.2. The maximum Gasteiger partial charge on any atom is 0.407 e. The number of hydrogen-bond acceptors (Lipinski definition) is 6. The van der Waals surface area contributed by atoms with E-state index in [1.54, 1.807) is 6.07 Å². The number of halogens is 3. The molecule has 2 N–H and O–H groups in total. The van der Waals surface area contributed by atoms with E-state index in [1.807, 2.05) is 0 Å². The van der Waals surface area contributed by atoms with Crippen LogP contribution in [0.3, 0.4) is 0 Å². The van der Waals surface area contributed by atoms with Gasteiger partial charge in [0.25, 0.3) is 0 Å². The lowest BCUT2D eigenvalue weighted by Gasteiger charge is -2.28. The van der Waals surface area contributed by atoms with Crippen LogP contribution in [0.15, 0.2) is 46.2 Å². The van der Waals surface area contributed by atoms with E-state index in [-0.39, 0.29) is 9.90 Å². The van der Waals surface area contributed by atoms with Gasteiger partial charge in [0.1, 0.15) is 17.6 Å². The van der Waals surface area contributed by atoms with Gasteiger partial charge in [-0.05, 0) is 18.4 Å². The van der Waals surface area contributed by atoms with Crippen LogP contribution in [0.1, 0.15) is 24.4 Å². The molecule has 1 aliphatic rings. The van der Waals surface area contributed by atoms with Gasteiger partial charge in [0.15, 0.2) is 0 Å². The molecule has 2 aromatic rings. The molecule has 1 aliphatic carbocycles. The third-order valence-corrected chi connectivity index (χ3v) is 7.62. The number of nitrogens with zero attached hydrogens (tertiary/aromatic N) is 1. The van der Waals surface area contributed by atoms with E-state index >= 15 is 0 Å². The van der Waals surface area contributed by atoms with E-state index in [4.69, 9.17) is 6.42 Å². The fraction of sp³-hybridized carbons (Fsp3) is 0.368. The summed E-state index contributed by atoms with van der Waals surface area (Å²) in [6.45, 7) is 0. The zero-order valence-corrected chi connectivity index (χ0v) is 17.2. The number of terminal acetylenes is 1. The number of carbonyl (C=O) groups excluding carboxylic acids is 1. The van der Waals surface area contributed by atoms with E-state index in [2.05, 4.69) is 21.5 Å². The summed E-state index contributed by atoms with van der Waals surface area (Å²) in [5, 5.41) is 6.13. The summed E-state index contributed by atoms with van der Waals surface area (Å²) < 4.78 is 66.3. The molecule has 0 aliphatic heterocycles. The molecule has 1 aromatic heterocycles. The van der Waals surface area contributed by atoms with Crippen LogP contribution in [0.4, 0.5) is 13.2 Å². The number of alkyl halides is 3. The van der Waals surface area contributed by atoms with Gasteiger partial charge in [-0.1, -0.05) is 36.3 Å². The first kappa shape index (κ1) is 22.3. The van der Waals surface area contributed by atoms with E-state index in [9.17, 15) is 26.4 Å². The second-order valence-electron chi connectivity index (χ2n) is 6.90. The van der Waals surface area contributed by atoms with E-state index < -0.39 is 45.3 Å². The quantitative estimate of drug-likeness (QED) is 0.595. The number of amides is 1. The maximum absolute atomic E-state index is 13.8. The van der Waals surface area contributed by atoms with Crippen molar-refractivity contribution in [1.82, 2.24) is 15.6 Å². The minimum absolute atomic E-state index is 0.146. The van der Waals surface area contributed by atoms with Gasteiger partial charge in [0.2, 0.25) is 20.1 Å². The van der Waals surface area contributed by atoms with Gasteiger partial charge < -0.3 is 5.32 Å². The first-order valence-electron chi connectivity index (χ1n) is 8.86. The molecule has 1 amide bonds. The molecule has 1 aromatic carbocycles. The van der Waals surface area contributed by atoms with Crippen molar-refractivity contribution >= 4 is 27.1 Å². The fourth-order valence-electron chi connectivity index (χ4n) is 2.83. The zero-order chi connectivity index (χ0) is 22.0. The van der Waals surface area contributed by atoms with Crippen molar-refractivity contribution in [3.8, 4) is 12.3 Å². The molecule has 160 valence electrons. The van der Waals surface area contributed by atoms with Gasteiger partial charge in [-0.2, -0.15) is 13.2 Å². The van der Waals surface area contributed by atoms with Crippen LogP contribution < -0.4 is 10.6 Å². The summed E-state index contributed by atoms with van der Waals surface area (Å²) >= 11 is 0.821. The van der Waals surface area contributed by atoms with Gasteiger partial charge in [-0.3, -0.25) is 10.1 Å². The Labute approximate surface area is 175 Å². The Morgan fingerprint density at radius 1 is 1.30 bits per heavy atom. The molecular formula is C19H18F3N3O3S2. The minimum atomic E-state index is -4.77. The normalized spacial score (nSPS) is 17.5. The Morgan fingerprint density at radius 2 is 1.97 bits per heavy atom. The van der Waals surface area contributed by atoms with Crippen molar-refractivity contribution < 1.29 is 26.4 Å². The first-order chi connectivity index (χ1) is 14.1. The number of sulfone groups is 1. The lowest BCUT2D eigenvalue weighted by atomic mass is 10.1. The highest BCUT2D eigenvalue weighted by Crippen LogP contribution is 2.35. The smallest absolute Gasteiger partial charge is 0.338 e. The predicted octanol–water partition coefficient (Wildman–Crippen LogP) is 2.46. The third-order valence-electron chi connectivity index (χ3n) is 4.60. The second-order valence-corrected chi connectivity index (χ2v) is 10.0. The summed E-state index contributed by atoms with van der Waals surface area (Å²) in [7, 11) is -4.11. The molecule has 1 heterocycles. The number of rotatable bonds is 8. The van der Waals surface area contributed by atoms with Crippen LogP contribution in [0.5, 0.6) is 0 Å². The second kappa shape index (κ2) is 8.37. The Bertz CT molecular complexity index is 1030. The van der Waals surface area contributed by atoms with Crippen molar-refractivity contribution in [3.63, 3.8) is 0 Å². The molecule has 11 heteroatoms. The number of thiazole rings is 1. The maximum atomic E-state index is 13.8. The SMILES string of the molecule is C#CC1(NC(=O)[C@H](CS(=O)(=O)c2nccs2)N[C@@H](c2ccccc2)C(F)(F)F)CC1. The molecule has 2 atom stereocenters. The summed E-state index contributed by atoms with van der Waals surface area (Å²) in [6, 6.07) is 2.96. The Balaban J connectivity index is 1.91. The molecular weight excluding hydrogens is 439 g/mol. The largest absolute Gasteiger partial charge is 0.407 e. The monoisotopic (exact) mass is 457 g/mol. The van der Waals surface area contributed by atoms with E-state index in [1.165, 1.54) is 35.8 Å². The topological polar surface area (TPSA) is 88.2 Å². The fourth-order valence-corrected chi connectivity index (χ4v) is 5.20. The number of hydrogen-bond donors (Lipinski definition) is 2. The van der Waals surface area contributed by atoms with Gasteiger partial charge in [0, 0.05) is 11.6 Å². The number of carbonyl (C=O) groups is 1. The van der Waals surface area contributed by atoms with Crippen LogP contribution in [0, 0.1) is 12.3 Å². The van der Waals surface area contributed by atoms with Crippen LogP contribution >= 0.6 is 11.3 Å². The van der Waals surface area contributed by atoms with Crippen molar-refractivity contribution in [2.75, 3.05) is 5.75 Å². The van der Waals surface area contributed by atoms with Gasteiger partial charge >= 0.3 is 6.18 Å². The highest BCUT2D eigenvalue weighted by Gasteiger charge is 2.47. The Kier molecular flexibility index (Phi) is 6.21. The molecule has 30 heavy (non-hydrogen) atoms. The van der Waals surface area contributed by atoms with Crippen LogP contribution in [0.25, 0.3) is 0 Å². The molecule has 1 fully saturated rings. The van der Waals surface area contributed by atoms with Crippen molar-refractivity contribution in [3.05, 3.63) is 47.5 Å². The molecule has 0 radical (unpaired) electrons. The number of aromatic nitrogens is 1. The summed E-state index contributed by atoms with van der Waals surface area (Å²) in [5.41, 5.74) is -1.09.